The van der Waals surface area contributed by atoms with Crippen molar-refractivity contribution in [1.82, 2.24) is 5.32 Å². The zero-order valence-electron chi connectivity index (χ0n) is 13.6. The second-order valence-corrected chi connectivity index (χ2v) is 8.19. The van der Waals surface area contributed by atoms with E-state index in [1.807, 2.05) is 13.8 Å². The first-order chi connectivity index (χ1) is 10.6. The molecule has 1 aromatic rings. The molecule has 0 unspecified atom stereocenters. The summed E-state index contributed by atoms with van der Waals surface area (Å²) < 4.78 is 7.88. The van der Waals surface area contributed by atoms with Crippen LogP contribution in [0.1, 0.15) is 64.4 Å². The van der Waals surface area contributed by atoms with Crippen LogP contribution in [0.4, 0.5) is 0 Å². The van der Waals surface area contributed by atoms with Crippen LogP contribution >= 0.6 is 31.9 Å². The molecule has 0 spiro atoms. The summed E-state index contributed by atoms with van der Waals surface area (Å²) in [5.41, 5.74) is 1.29. The fourth-order valence-corrected chi connectivity index (χ4v) is 4.45. The lowest BCUT2D eigenvalue weighted by atomic mass is 9.96. The molecule has 1 aliphatic rings. The summed E-state index contributed by atoms with van der Waals surface area (Å²) in [6.07, 6.45) is 9.76. The molecule has 124 valence electrons. The zero-order chi connectivity index (χ0) is 15.9. The summed E-state index contributed by atoms with van der Waals surface area (Å²) >= 11 is 7.27. The molecule has 1 aromatic carbocycles. The van der Waals surface area contributed by atoms with Gasteiger partial charge in [0.05, 0.1) is 15.0 Å². The maximum atomic E-state index is 5.84. The standard InChI is InChI=1S/C18H27Br2NO/c1-13(2)22-18-16(19)10-14(11-17(18)20)12-21-15-8-6-4-3-5-7-9-15/h10-11,13,15,21H,3-9,12H2,1-2H3. The third kappa shape index (κ3) is 5.86. The summed E-state index contributed by atoms with van der Waals surface area (Å²) in [5.74, 6) is 0.893. The third-order valence-electron chi connectivity index (χ3n) is 4.11. The van der Waals surface area contributed by atoms with E-state index in [9.17, 15) is 0 Å². The van der Waals surface area contributed by atoms with Crippen LogP contribution in [0.5, 0.6) is 5.75 Å². The number of hydrogen-bond acceptors (Lipinski definition) is 2. The Morgan fingerprint density at radius 3 is 2.14 bits per heavy atom. The van der Waals surface area contributed by atoms with Crippen molar-refractivity contribution in [2.75, 3.05) is 0 Å². The van der Waals surface area contributed by atoms with Gasteiger partial charge in [0, 0.05) is 12.6 Å². The van der Waals surface area contributed by atoms with Gasteiger partial charge in [0.15, 0.2) is 0 Å². The molecule has 0 atom stereocenters. The molecule has 0 heterocycles. The number of rotatable bonds is 5. The Bertz CT molecular complexity index is 445. The lowest BCUT2D eigenvalue weighted by Crippen LogP contribution is -2.29. The molecule has 0 aliphatic heterocycles. The van der Waals surface area contributed by atoms with E-state index >= 15 is 0 Å². The number of ether oxygens (including phenoxy) is 1. The molecular weight excluding hydrogens is 406 g/mol. The molecule has 1 N–H and O–H groups in total. The fourth-order valence-electron chi connectivity index (χ4n) is 2.99. The van der Waals surface area contributed by atoms with Gasteiger partial charge in [-0.3, -0.25) is 0 Å². The summed E-state index contributed by atoms with van der Waals surface area (Å²) in [4.78, 5) is 0. The van der Waals surface area contributed by atoms with E-state index in [1.54, 1.807) is 0 Å². The maximum absolute atomic E-state index is 5.84. The van der Waals surface area contributed by atoms with E-state index in [-0.39, 0.29) is 6.10 Å². The number of hydrogen-bond donors (Lipinski definition) is 1. The quantitative estimate of drug-likeness (QED) is 0.597. The van der Waals surface area contributed by atoms with E-state index < -0.39 is 0 Å². The van der Waals surface area contributed by atoms with E-state index in [0.717, 1.165) is 21.2 Å². The Morgan fingerprint density at radius 1 is 1.05 bits per heavy atom. The van der Waals surface area contributed by atoms with E-state index in [1.165, 1.54) is 50.5 Å². The molecule has 4 heteroatoms. The van der Waals surface area contributed by atoms with Crippen molar-refractivity contribution < 1.29 is 4.74 Å². The Balaban J connectivity index is 1.94. The molecule has 1 saturated carbocycles. The van der Waals surface area contributed by atoms with Crippen molar-refractivity contribution in [2.24, 2.45) is 0 Å². The van der Waals surface area contributed by atoms with Gasteiger partial charge >= 0.3 is 0 Å². The predicted octanol–water partition coefficient (Wildman–Crippen LogP) is 6.20. The Hall–Kier alpha value is -0.0600. The average molecular weight is 433 g/mol. The molecule has 0 bridgehead atoms. The van der Waals surface area contributed by atoms with Crippen molar-refractivity contribution >= 4 is 31.9 Å². The van der Waals surface area contributed by atoms with Crippen LogP contribution in [0, 0.1) is 0 Å². The molecule has 0 amide bonds. The molecule has 2 nitrogen and oxygen atoms in total. The minimum Gasteiger partial charge on any atom is -0.489 e. The van der Waals surface area contributed by atoms with Crippen molar-refractivity contribution in [3.8, 4) is 5.75 Å². The Kier molecular flexibility index (Phi) is 7.72. The van der Waals surface area contributed by atoms with Gasteiger partial charge in [-0.1, -0.05) is 32.1 Å². The molecule has 1 aliphatic carbocycles. The summed E-state index contributed by atoms with van der Waals surface area (Å²) in [6.45, 7) is 5.01. The first-order valence-electron chi connectivity index (χ1n) is 8.44. The van der Waals surface area contributed by atoms with Gasteiger partial charge in [0.25, 0.3) is 0 Å². The number of nitrogens with one attached hydrogen (secondary N) is 1. The Morgan fingerprint density at radius 2 is 1.59 bits per heavy atom. The van der Waals surface area contributed by atoms with Crippen LogP contribution in [0.15, 0.2) is 21.1 Å². The van der Waals surface area contributed by atoms with Crippen LogP contribution in [0.3, 0.4) is 0 Å². The molecule has 0 aromatic heterocycles. The monoisotopic (exact) mass is 431 g/mol. The maximum Gasteiger partial charge on any atom is 0.148 e. The predicted molar refractivity (Wildman–Crippen MR) is 101 cm³/mol. The average Bonchev–Trinajstić information content (AvgIpc) is 2.41. The third-order valence-corrected chi connectivity index (χ3v) is 5.29. The highest BCUT2D eigenvalue weighted by Gasteiger charge is 2.13. The van der Waals surface area contributed by atoms with Crippen LogP contribution in [0.2, 0.25) is 0 Å². The van der Waals surface area contributed by atoms with Crippen molar-refractivity contribution in [3.63, 3.8) is 0 Å². The van der Waals surface area contributed by atoms with Gasteiger partial charge in [0.1, 0.15) is 5.75 Å². The first kappa shape index (κ1) is 18.3. The van der Waals surface area contributed by atoms with Crippen LogP contribution in [-0.2, 0) is 6.54 Å². The lowest BCUT2D eigenvalue weighted by Gasteiger charge is -2.21. The van der Waals surface area contributed by atoms with E-state index in [0.29, 0.717) is 6.04 Å². The number of benzene rings is 1. The molecule has 1 fully saturated rings. The van der Waals surface area contributed by atoms with Gasteiger partial charge in [-0.15, -0.1) is 0 Å². The summed E-state index contributed by atoms with van der Waals surface area (Å²) in [5, 5.41) is 3.74. The van der Waals surface area contributed by atoms with Gasteiger partial charge in [-0.25, -0.2) is 0 Å². The van der Waals surface area contributed by atoms with Crippen molar-refractivity contribution in [1.29, 1.82) is 0 Å². The lowest BCUT2D eigenvalue weighted by molar-refractivity contribution is 0.239. The fraction of sp³-hybridized carbons (Fsp3) is 0.667. The van der Waals surface area contributed by atoms with E-state index in [2.05, 4.69) is 49.3 Å². The van der Waals surface area contributed by atoms with Crippen LogP contribution in [0.25, 0.3) is 0 Å². The normalized spacial score (nSPS) is 17.3. The van der Waals surface area contributed by atoms with Gasteiger partial charge < -0.3 is 10.1 Å². The van der Waals surface area contributed by atoms with Crippen molar-refractivity contribution in [3.05, 3.63) is 26.6 Å². The number of halogens is 2. The molecule has 0 saturated heterocycles. The summed E-state index contributed by atoms with van der Waals surface area (Å²) in [7, 11) is 0. The van der Waals surface area contributed by atoms with Crippen LogP contribution in [-0.4, -0.2) is 12.1 Å². The smallest absolute Gasteiger partial charge is 0.148 e. The minimum absolute atomic E-state index is 0.173. The highest BCUT2D eigenvalue weighted by atomic mass is 79.9. The second-order valence-electron chi connectivity index (χ2n) is 6.48. The highest BCUT2D eigenvalue weighted by molar-refractivity contribution is 9.11. The highest BCUT2D eigenvalue weighted by Crippen LogP contribution is 2.35. The topological polar surface area (TPSA) is 21.3 Å². The van der Waals surface area contributed by atoms with Gasteiger partial charge in [-0.05, 0) is 76.2 Å². The van der Waals surface area contributed by atoms with Crippen LogP contribution < -0.4 is 10.1 Å². The molecule has 0 radical (unpaired) electrons. The van der Waals surface area contributed by atoms with Crippen molar-refractivity contribution in [2.45, 2.75) is 77.5 Å². The van der Waals surface area contributed by atoms with Gasteiger partial charge in [0.2, 0.25) is 0 Å². The molecule has 2 rings (SSSR count). The van der Waals surface area contributed by atoms with E-state index in [4.69, 9.17) is 4.74 Å². The largest absolute Gasteiger partial charge is 0.489 e. The summed E-state index contributed by atoms with van der Waals surface area (Å²) in [6, 6.07) is 5.00. The minimum atomic E-state index is 0.173. The van der Waals surface area contributed by atoms with Gasteiger partial charge in [-0.2, -0.15) is 0 Å². The zero-order valence-corrected chi connectivity index (χ0v) is 16.8. The Labute approximate surface area is 151 Å². The SMILES string of the molecule is CC(C)Oc1c(Br)cc(CNC2CCCCCCC2)cc1Br. The molecular formula is C18H27Br2NO. The second kappa shape index (κ2) is 9.29. The molecule has 22 heavy (non-hydrogen) atoms. The first-order valence-corrected chi connectivity index (χ1v) is 10.0.